The maximum Gasteiger partial charge on any atom is 0.310 e. The summed E-state index contributed by atoms with van der Waals surface area (Å²) in [5, 5.41) is 0.966. The molecule has 94 valence electrons. The molecule has 1 aromatic carbocycles. The molecule has 0 spiro atoms. The van der Waals surface area contributed by atoms with E-state index >= 15 is 0 Å². The van der Waals surface area contributed by atoms with Gasteiger partial charge in [-0.05, 0) is 37.1 Å². The first-order chi connectivity index (χ1) is 8.52. The minimum Gasteiger partial charge on any atom is -0.469 e. The number of rotatable bonds is 2. The number of carbonyl (C=O) groups excluding carboxylic acids is 1. The zero-order valence-electron chi connectivity index (χ0n) is 10.7. The lowest BCUT2D eigenvalue weighted by Crippen LogP contribution is -2.17. The highest BCUT2D eigenvalue weighted by molar-refractivity contribution is 5.84. The number of aryl methyl sites for hydroxylation is 2. The molecule has 0 aliphatic rings. The molecule has 0 aliphatic heterocycles. The van der Waals surface area contributed by atoms with Crippen molar-refractivity contribution in [2.45, 2.75) is 20.3 Å². The molecule has 0 saturated heterocycles. The van der Waals surface area contributed by atoms with Crippen LogP contribution < -0.4 is 5.56 Å². The molecule has 0 saturated carbocycles. The molecule has 0 radical (unpaired) electrons. The number of hydrogen-bond acceptors (Lipinski definition) is 3. The average molecular weight is 245 g/mol. The maximum absolute atomic E-state index is 11.8. The van der Waals surface area contributed by atoms with Crippen LogP contribution in [0.2, 0.25) is 0 Å². The molecule has 4 heteroatoms. The summed E-state index contributed by atoms with van der Waals surface area (Å²) in [6.45, 7) is 4.01. The van der Waals surface area contributed by atoms with E-state index in [1.54, 1.807) is 6.07 Å². The van der Waals surface area contributed by atoms with Gasteiger partial charge in [0.05, 0.1) is 13.5 Å². The topological polar surface area (TPSA) is 59.2 Å². The molecule has 1 heterocycles. The predicted molar refractivity (Wildman–Crippen MR) is 69.8 cm³/mol. The van der Waals surface area contributed by atoms with Gasteiger partial charge in [0.25, 0.3) is 5.56 Å². The van der Waals surface area contributed by atoms with Crippen LogP contribution in [0.5, 0.6) is 0 Å². The molecule has 2 aromatic rings. The summed E-state index contributed by atoms with van der Waals surface area (Å²) in [6, 6.07) is 5.61. The van der Waals surface area contributed by atoms with Crippen molar-refractivity contribution < 1.29 is 9.53 Å². The van der Waals surface area contributed by atoms with Crippen molar-refractivity contribution in [1.29, 1.82) is 0 Å². The lowest BCUT2D eigenvalue weighted by Gasteiger charge is -2.07. The first-order valence-corrected chi connectivity index (χ1v) is 5.72. The minimum atomic E-state index is -0.412. The van der Waals surface area contributed by atoms with Crippen LogP contribution in [0.15, 0.2) is 23.0 Å². The number of H-pyrrole nitrogens is 1. The predicted octanol–water partition coefficient (Wildman–Crippen LogP) is 1.86. The molecule has 0 amide bonds. The van der Waals surface area contributed by atoms with Gasteiger partial charge in [-0.2, -0.15) is 0 Å². The van der Waals surface area contributed by atoms with Gasteiger partial charge in [0.15, 0.2) is 0 Å². The summed E-state index contributed by atoms with van der Waals surface area (Å²) in [6.07, 6.45) is -0.00481. The van der Waals surface area contributed by atoms with Crippen LogP contribution in [0.3, 0.4) is 0 Å². The van der Waals surface area contributed by atoms with E-state index in [-0.39, 0.29) is 12.0 Å². The molecule has 0 atom stereocenters. The number of ether oxygens (including phenoxy) is 1. The van der Waals surface area contributed by atoms with E-state index in [0.29, 0.717) is 5.56 Å². The lowest BCUT2D eigenvalue weighted by molar-refractivity contribution is -0.139. The smallest absolute Gasteiger partial charge is 0.310 e. The zero-order chi connectivity index (χ0) is 13.3. The third kappa shape index (κ3) is 2.14. The van der Waals surface area contributed by atoms with Gasteiger partial charge >= 0.3 is 5.97 Å². The molecule has 0 bridgehead atoms. The molecular weight excluding hydrogens is 230 g/mol. The van der Waals surface area contributed by atoms with Crippen molar-refractivity contribution in [1.82, 2.24) is 4.98 Å². The Balaban J connectivity index is 2.63. The van der Waals surface area contributed by atoms with Gasteiger partial charge in [0.1, 0.15) is 0 Å². The largest absolute Gasteiger partial charge is 0.469 e. The van der Waals surface area contributed by atoms with Crippen LogP contribution in [-0.2, 0) is 16.0 Å². The Morgan fingerprint density at radius 3 is 2.72 bits per heavy atom. The maximum atomic E-state index is 11.8. The highest BCUT2D eigenvalue weighted by Gasteiger charge is 2.10. The van der Waals surface area contributed by atoms with E-state index in [9.17, 15) is 9.59 Å². The van der Waals surface area contributed by atoms with Crippen LogP contribution in [0, 0.1) is 13.8 Å². The van der Waals surface area contributed by atoms with Gasteiger partial charge in [-0.25, -0.2) is 0 Å². The van der Waals surface area contributed by atoms with E-state index in [4.69, 9.17) is 0 Å². The molecule has 0 aliphatic carbocycles. The number of aromatic amines is 1. The highest BCUT2D eigenvalue weighted by atomic mass is 16.5. The number of carbonyl (C=O) groups is 1. The van der Waals surface area contributed by atoms with Crippen LogP contribution in [0.25, 0.3) is 10.9 Å². The van der Waals surface area contributed by atoms with Gasteiger partial charge in [-0.1, -0.05) is 6.07 Å². The minimum absolute atomic E-state index is 0.00481. The summed E-state index contributed by atoms with van der Waals surface area (Å²) in [7, 11) is 1.31. The van der Waals surface area contributed by atoms with Gasteiger partial charge in [-0.3, -0.25) is 9.59 Å². The zero-order valence-corrected chi connectivity index (χ0v) is 10.7. The number of pyridine rings is 1. The van der Waals surface area contributed by atoms with E-state index < -0.39 is 5.97 Å². The Morgan fingerprint density at radius 1 is 1.33 bits per heavy atom. The molecule has 18 heavy (non-hydrogen) atoms. The Kier molecular flexibility index (Phi) is 3.19. The third-order valence-corrected chi connectivity index (χ3v) is 3.21. The molecule has 2 rings (SSSR count). The molecule has 4 nitrogen and oxygen atoms in total. The van der Waals surface area contributed by atoms with E-state index in [2.05, 4.69) is 9.72 Å². The van der Waals surface area contributed by atoms with Gasteiger partial charge < -0.3 is 9.72 Å². The van der Waals surface area contributed by atoms with Gasteiger partial charge in [-0.15, -0.1) is 0 Å². The second-order valence-corrected chi connectivity index (χ2v) is 4.35. The van der Waals surface area contributed by atoms with Crippen LogP contribution in [-0.4, -0.2) is 18.1 Å². The average Bonchev–Trinajstić information content (AvgIpc) is 2.36. The van der Waals surface area contributed by atoms with Crippen molar-refractivity contribution in [2.75, 3.05) is 7.11 Å². The normalized spacial score (nSPS) is 10.6. The second kappa shape index (κ2) is 4.64. The summed E-state index contributed by atoms with van der Waals surface area (Å²) >= 11 is 0. The van der Waals surface area contributed by atoms with Crippen LogP contribution in [0.4, 0.5) is 0 Å². The second-order valence-electron chi connectivity index (χ2n) is 4.35. The van der Waals surface area contributed by atoms with E-state index in [1.165, 1.54) is 7.11 Å². The van der Waals surface area contributed by atoms with Gasteiger partial charge in [0, 0.05) is 16.5 Å². The molecule has 0 unspecified atom stereocenters. The number of aromatic nitrogens is 1. The number of fused-ring (bicyclic) bond motifs is 1. The molecule has 1 N–H and O–H groups in total. The summed E-state index contributed by atoms with van der Waals surface area (Å²) < 4.78 is 4.58. The van der Waals surface area contributed by atoms with Crippen molar-refractivity contribution in [3.8, 4) is 0 Å². The highest BCUT2D eigenvalue weighted by Crippen LogP contribution is 2.19. The first kappa shape index (κ1) is 12.4. The first-order valence-electron chi connectivity index (χ1n) is 5.72. The number of nitrogens with one attached hydrogen (secondary N) is 1. The van der Waals surface area contributed by atoms with Crippen molar-refractivity contribution in [2.24, 2.45) is 0 Å². The van der Waals surface area contributed by atoms with Gasteiger partial charge in [0.2, 0.25) is 0 Å². The number of hydrogen-bond donors (Lipinski definition) is 1. The molecule has 0 fully saturated rings. The lowest BCUT2D eigenvalue weighted by atomic mass is 10.0. The quantitative estimate of drug-likeness (QED) is 0.821. The van der Waals surface area contributed by atoms with Crippen molar-refractivity contribution in [3.05, 3.63) is 45.2 Å². The summed E-state index contributed by atoms with van der Waals surface area (Å²) in [5.74, 6) is -0.412. The van der Waals surface area contributed by atoms with Crippen LogP contribution >= 0.6 is 0 Å². The molecule has 1 aromatic heterocycles. The Hall–Kier alpha value is -2.10. The Morgan fingerprint density at radius 2 is 2.06 bits per heavy atom. The SMILES string of the molecule is COC(=O)Cc1cc2c(C)c(C)ccc2[nH]c1=O. The van der Waals surface area contributed by atoms with Crippen molar-refractivity contribution in [3.63, 3.8) is 0 Å². The Labute approximate surface area is 105 Å². The third-order valence-electron chi connectivity index (χ3n) is 3.21. The Bertz CT molecular complexity index is 671. The van der Waals surface area contributed by atoms with E-state index in [1.807, 2.05) is 26.0 Å². The number of esters is 1. The van der Waals surface area contributed by atoms with Crippen molar-refractivity contribution >= 4 is 16.9 Å². The van der Waals surface area contributed by atoms with E-state index in [0.717, 1.165) is 22.0 Å². The monoisotopic (exact) mass is 245 g/mol. The molecular formula is C14H15NO3. The summed E-state index contributed by atoms with van der Waals surface area (Å²) in [4.78, 5) is 25.9. The standard InChI is InChI=1S/C14H15NO3/c1-8-4-5-12-11(9(8)2)6-10(14(17)15-12)7-13(16)18-3/h4-6H,7H2,1-3H3,(H,15,17). The fraction of sp³-hybridized carbons (Fsp3) is 0.286. The fourth-order valence-corrected chi connectivity index (χ4v) is 1.93. The van der Waals surface area contributed by atoms with Crippen LogP contribution in [0.1, 0.15) is 16.7 Å². The number of benzene rings is 1. The summed E-state index contributed by atoms with van der Waals surface area (Å²) in [5.41, 5.74) is 3.24. The fourth-order valence-electron chi connectivity index (χ4n) is 1.93. The number of methoxy groups -OCH3 is 1.